The Bertz CT molecular complexity index is 1720. The van der Waals surface area contributed by atoms with Gasteiger partial charge in [0.05, 0.1) is 17.9 Å². The molecule has 0 heterocycles. The summed E-state index contributed by atoms with van der Waals surface area (Å²) in [6.07, 6.45) is 5.75. The van der Waals surface area contributed by atoms with Gasteiger partial charge in [0.1, 0.15) is 12.3 Å². The first kappa shape index (κ1) is 42.3. The number of Topliss-reactive ketones (excluding diaryl/α,β-unsaturated/α-hetero) is 1. The van der Waals surface area contributed by atoms with E-state index in [-0.39, 0.29) is 58.3 Å². The third-order valence-corrected chi connectivity index (χ3v) is 16.9. The van der Waals surface area contributed by atoms with Crippen molar-refractivity contribution < 1.29 is 34.4 Å². The molecule has 0 spiro atoms. The van der Waals surface area contributed by atoms with Gasteiger partial charge in [-0.25, -0.2) is 0 Å². The summed E-state index contributed by atoms with van der Waals surface area (Å²) in [5.41, 5.74) is 0.957. The van der Waals surface area contributed by atoms with Gasteiger partial charge in [-0.3, -0.25) is 19.3 Å². The summed E-state index contributed by atoms with van der Waals surface area (Å²) in [5, 5.41) is 33.7. The summed E-state index contributed by atoms with van der Waals surface area (Å²) in [7, 11) is 0. The molecule has 55 heavy (non-hydrogen) atoms. The number of aliphatic hydroxyl groups is 2. The van der Waals surface area contributed by atoms with Crippen LogP contribution in [0.15, 0.2) is 35.4 Å². The number of benzene rings is 1. The van der Waals surface area contributed by atoms with Gasteiger partial charge in [-0.2, -0.15) is 0 Å². The summed E-state index contributed by atoms with van der Waals surface area (Å²) in [4.78, 5) is 41.0. The lowest BCUT2D eigenvalue weighted by molar-refractivity contribution is -0.235. The Morgan fingerprint density at radius 3 is 2.25 bits per heavy atom. The number of ketones is 1. The standard InChI is InChI=1S/C46H68ClNO7/c1-27(2)38-32(50)23-46(35(51)26-48(28(3)49)25-29-12-11-13-30(47)22-29)21-20-44(9)31(39(38)46)14-15-34-43(8)18-17-36(55-37(52)24-41(4,5)40(53)54)42(6,7)33(43)16-19-45(34,44)10/h11-13,22,27-28,31,33-36,49,51H,14-21,23-26H2,1-10H3,(H,53,54)/t28?,31-,33+,34-,35-,36+,43+,44-,45-,46+/m1/s1. The van der Waals surface area contributed by atoms with Crippen LogP contribution in [0, 0.1) is 56.2 Å². The Labute approximate surface area is 334 Å². The van der Waals surface area contributed by atoms with Crippen LogP contribution in [0.2, 0.25) is 5.02 Å². The number of carboxylic acid groups (broad SMARTS) is 1. The number of ether oxygens (including phenoxy) is 1. The van der Waals surface area contributed by atoms with E-state index in [1.54, 1.807) is 20.8 Å². The number of nitrogens with zero attached hydrogens (tertiary/aromatic N) is 1. The summed E-state index contributed by atoms with van der Waals surface area (Å²) < 4.78 is 6.17. The van der Waals surface area contributed by atoms with Gasteiger partial charge < -0.3 is 20.1 Å². The summed E-state index contributed by atoms with van der Waals surface area (Å²) >= 11 is 6.31. The lowest BCUT2D eigenvalue weighted by Crippen LogP contribution is -2.66. The van der Waals surface area contributed by atoms with E-state index in [4.69, 9.17) is 16.3 Å². The lowest BCUT2D eigenvalue weighted by Gasteiger charge is -2.72. The van der Waals surface area contributed by atoms with Crippen LogP contribution in [0.5, 0.6) is 0 Å². The normalized spacial score (nSPS) is 36.8. The zero-order valence-corrected chi connectivity index (χ0v) is 35.9. The van der Waals surface area contributed by atoms with Crippen molar-refractivity contribution in [1.82, 2.24) is 4.90 Å². The van der Waals surface area contributed by atoms with Crippen molar-refractivity contribution in [2.75, 3.05) is 6.54 Å². The first-order valence-corrected chi connectivity index (χ1v) is 21.4. The van der Waals surface area contributed by atoms with Crippen molar-refractivity contribution in [3.63, 3.8) is 0 Å². The van der Waals surface area contributed by atoms with Crippen LogP contribution >= 0.6 is 11.6 Å². The number of halogens is 1. The van der Waals surface area contributed by atoms with E-state index < -0.39 is 35.1 Å². The lowest BCUT2D eigenvalue weighted by atomic mass is 9.33. The van der Waals surface area contributed by atoms with Gasteiger partial charge in [0.25, 0.3) is 0 Å². The van der Waals surface area contributed by atoms with Crippen LogP contribution in [-0.4, -0.2) is 62.9 Å². The molecule has 3 N–H and O–H groups in total. The van der Waals surface area contributed by atoms with Crippen molar-refractivity contribution in [2.45, 2.75) is 158 Å². The van der Waals surface area contributed by atoms with Crippen molar-refractivity contribution >= 4 is 29.3 Å². The molecule has 9 heteroatoms. The molecule has 5 aliphatic carbocycles. The number of aliphatic carboxylic acids is 1. The fourth-order valence-electron chi connectivity index (χ4n) is 13.5. The molecular formula is C46H68ClNO7. The molecule has 0 amide bonds. The summed E-state index contributed by atoms with van der Waals surface area (Å²) in [6.45, 7) is 21.9. The molecule has 0 bridgehead atoms. The fourth-order valence-corrected chi connectivity index (χ4v) is 13.7. The Morgan fingerprint density at radius 2 is 1.64 bits per heavy atom. The number of carbonyl (C=O) groups excluding carboxylic acids is 2. The third-order valence-electron chi connectivity index (χ3n) is 16.7. The van der Waals surface area contributed by atoms with Crippen LogP contribution in [0.3, 0.4) is 0 Å². The predicted octanol–water partition coefficient (Wildman–Crippen LogP) is 9.23. The van der Waals surface area contributed by atoms with Gasteiger partial charge in [0, 0.05) is 35.4 Å². The molecule has 1 aromatic rings. The highest BCUT2D eigenvalue weighted by Gasteiger charge is 2.71. The molecule has 1 aromatic carbocycles. The topological polar surface area (TPSA) is 124 Å². The van der Waals surface area contributed by atoms with Gasteiger partial charge in [-0.1, -0.05) is 77.8 Å². The average Bonchev–Trinajstić information content (AvgIpc) is 3.39. The summed E-state index contributed by atoms with van der Waals surface area (Å²) in [5.74, 6) is -0.241. The predicted molar refractivity (Wildman–Crippen MR) is 215 cm³/mol. The summed E-state index contributed by atoms with van der Waals surface area (Å²) in [6, 6.07) is 7.61. The molecule has 0 radical (unpaired) electrons. The number of carbonyl (C=O) groups is 3. The van der Waals surface area contributed by atoms with Crippen molar-refractivity contribution in [3.05, 3.63) is 46.0 Å². The van der Waals surface area contributed by atoms with Crippen molar-refractivity contribution in [2.24, 2.45) is 56.2 Å². The maximum absolute atomic E-state index is 14.2. The number of hydrogen-bond acceptors (Lipinski definition) is 7. The maximum atomic E-state index is 14.2. The minimum absolute atomic E-state index is 0.00232. The van der Waals surface area contributed by atoms with Gasteiger partial charge >= 0.3 is 11.9 Å². The van der Waals surface area contributed by atoms with Crippen LogP contribution in [0.25, 0.3) is 0 Å². The van der Waals surface area contributed by atoms with Gasteiger partial charge in [-0.15, -0.1) is 0 Å². The number of carboxylic acids is 1. The van der Waals surface area contributed by atoms with E-state index in [9.17, 15) is 29.7 Å². The number of fused-ring (bicyclic) bond motifs is 7. The molecule has 4 fully saturated rings. The zero-order chi connectivity index (χ0) is 40.7. The number of allylic oxidation sites excluding steroid dienone is 1. The van der Waals surface area contributed by atoms with Crippen LogP contribution in [-0.2, 0) is 25.7 Å². The van der Waals surface area contributed by atoms with Crippen LogP contribution in [0.4, 0.5) is 0 Å². The quantitative estimate of drug-likeness (QED) is 0.150. The molecule has 1 unspecified atom stereocenters. The molecule has 0 aliphatic heterocycles. The smallest absolute Gasteiger partial charge is 0.309 e. The SMILES string of the molecule is CC(C)C1=C2[C@H]3CC[C@@H]4[C@@]5(C)CC[C@H](OC(=O)CC(C)(C)C(=O)O)C(C)(C)[C@@H]5CC[C@@]4(C)[C@]3(C)CC[C@@]2([C@H](O)CN(Cc2cccc(Cl)c2)C(C)O)CC1=O. The largest absolute Gasteiger partial charge is 0.481 e. The number of rotatable bonds is 11. The molecule has 10 atom stereocenters. The highest BCUT2D eigenvalue weighted by Crippen LogP contribution is 2.77. The molecule has 4 saturated carbocycles. The Morgan fingerprint density at radius 1 is 0.945 bits per heavy atom. The van der Waals surface area contributed by atoms with Crippen LogP contribution in [0.1, 0.15) is 139 Å². The highest BCUT2D eigenvalue weighted by atomic mass is 35.5. The first-order chi connectivity index (χ1) is 25.4. The van der Waals surface area contributed by atoms with E-state index in [0.717, 1.165) is 62.5 Å². The van der Waals surface area contributed by atoms with E-state index in [2.05, 4.69) is 48.5 Å². The zero-order valence-electron chi connectivity index (χ0n) is 35.1. The molecule has 0 saturated heterocycles. The molecule has 8 nitrogen and oxygen atoms in total. The maximum Gasteiger partial charge on any atom is 0.309 e. The number of esters is 1. The van der Waals surface area contributed by atoms with E-state index in [1.807, 2.05) is 29.2 Å². The van der Waals surface area contributed by atoms with Gasteiger partial charge in [0.15, 0.2) is 5.78 Å². The van der Waals surface area contributed by atoms with Crippen molar-refractivity contribution in [1.29, 1.82) is 0 Å². The Balaban J connectivity index is 1.29. The Kier molecular flexibility index (Phi) is 11.2. The average molecular weight is 783 g/mol. The molecule has 5 aliphatic rings. The molecule has 0 aromatic heterocycles. The minimum atomic E-state index is -1.18. The van der Waals surface area contributed by atoms with E-state index >= 15 is 0 Å². The third kappa shape index (κ3) is 6.85. The number of aliphatic hydroxyl groups excluding tert-OH is 2. The minimum Gasteiger partial charge on any atom is -0.481 e. The first-order valence-electron chi connectivity index (χ1n) is 21.0. The molecule has 6 rings (SSSR count). The van der Waals surface area contributed by atoms with Gasteiger partial charge in [0.2, 0.25) is 0 Å². The second-order valence-corrected chi connectivity index (χ2v) is 21.2. The second kappa shape index (κ2) is 14.5. The van der Waals surface area contributed by atoms with E-state index in [0.29, 0.717) is 29.8 Å². The fraction of sp³-hybridized carbons (Fsp3) is 0.761. The van der Waals surface area contributed by atoms with E-state index in [1.165, 1.54) is 5.57 Å². The monoisotopic (exact) mass is 781 g/mol. The van der Waals surface area contributed by atoms with Crippen LogP contribution < -0.4 is 0 Å². The van der Waals surface area contributed by atoms with Gasteiger partial charge in [-0.05, 0) is 135 Å². The number of hydrogen-bond donors (Lipinski definition) is 3. The Hall–Kier alpha value is -2.26. The molecular weight excluding hydrogens is 714 g/mol. The highest BCUT2D eigenvalue weighted by molar-refractivity contribution is 6.30. The second-order valence-electron chi connectivity index (χ2n) is 20.8. The van der Waals surface area contributed by atoms with Crippen molar-refractivity contribution in [3.8, 4) is 0 Å². The molecule has 306 valence electrons.